The average molecular weight is 312 g/mol. The van der Waals surface area contributed by atoms with Gasteiger partial charge in [-0.2, -0.15) is 0 Å². The van der Waals surface area contributed by atoms with Crippen molar-refractivity contribution in [2.75, 3.05) is 30.8 Å². The van der Waals surface area contributed by atoms with Crippen LogP contribution in [0.5, 0.6) is 5.75 Å². The molecule has 0 aromatic carbocycles. The van der Waals surface area contributed by atoms with Crippen LogP contribution in [0.25, 0.3) is 0 Å². The van der Waals surface area contributed by atoms with Crippen LogP contribution in [0, 0.1) is 5.92 Å². The van der Waals surface area contributed by atoms with Crippen molar-refractivity contribution in [1.29, 1.82) is 0 Å². The van der Waals surface area contributed by atoms with E-state index in [4.69, 9.17) is 15.2 Å². The topological polar surface area (TPSA) is 64.8 Å². The molecule has 1 aliphatic rings. The van der Waals surface area contributed by atoms with Crippen LogP contribution >= 0.6 is 11.3 Å². The molecule has 0 spiro atoms. The Morgan fingerprint density at radius 2 is 2.14 bits per heavy atom. The molecule has 2 rings (SSSR count). The third kappa shape index (κ3) is 3.61. The van der Waals surface area contributed by atoms with Crippen molar-refractivity contribution in [3.63, 3.8) is 0 Å². The molecule has 5 nitrogen and oxygen atoms in total. The molecular formula is C15H24N2O3S. The predicted octanol–water partition coefficient (Wildman–Crippen LogP) is 3.14. The third-order valence-electron chi connectivity index (χ3n) is 3.45. The van der Waals surface area contributed by atoms with Gasteiger partial charge in [0, 0.05) is 13.1 Å². The fourth-order valence-corrected chi connectivity index (χ4v) is 3.33. The highest BCUT2D eigenvalue weighted by Crippen LogP contribution is 2.46. The number of esters is 1. The van der Waals surface area contributed by atoms with E-state index >= 15 is 0 Å². The number of nitrogens with zero attached hydrogens (tertiary/aromatic N) is 1. The monoisotopic (exact) mass is 312 g/mol. The number of hydrogen-bond donors (Lipinski definition) is 1. The number of carbonyl (C=O) groups is 1. The van der Waals surface area contributed by atoms with Gasteiger partial charge in [-0.3, -0.25) is 0 Å². The van der Waals surface area contributed by atoms with Gasteiger partial charge in [0.15, 0.2) is 5.75 Å². The van der Waals surface area contributed by atoms with E-state index in [1.807, 2.05) is 13.8 Å². The van der Waals surface area contributed by atoms with E-state index in [-0.39, 0.29) is 6.10 Å². The Morgan fingerprint density at radius 1 is 1.48 bits per heavy atom. The quantitative estimate of drug-likeness (QED) is 0.784. The lowest BCUT2D eigenvalue weighted by Gasteiger charge is -2.23. The van der Waals surface area contributed by atoms with Crippen LogP contribution in [0.15, 0.2) is 0 Å². The normalized spacial score (nSPS) is 14.3. The van der Waals surface area contributed by atoms with Gasteiger partial charge >= 0.3 is 5.97 Å². The van der Waals surface area contributed by atoms with Crippen molar-refractivity contribution in [2.45, 2.75) is 39.7 Å². The number of nitrogen functional groups attached to an aromatic ring is 1. The van der Waals surface area contributed by atoms with Gasteiger partial charge in [-0.15, -0.1) is 11.3 Å². The molecule has 1 saturated carbocycles. The molecule has 6 heteroatoms. The highest BCUT2D eigenvalue weighted by molar-refractivity contribution is 7.19. The second-order valence-corrected chi connectivity index (χ2v) is 6.62. The van der Waals surface area contributed by atoms with Crippen molar-refractivity contribution < 1.29 is 14.3 Å². The van der Waals surface area contributed by atoms with Crippen LogP contribution in [-0.4, -0.2) is 32.3 Å². The number of ether oxygens (including phenoxy) is 2. The lowest BCUT2D eigenvalue weighted by molar-refractivity contribution is 0.0607. The summed E-state index contributed by atoms with van der Waals surface area (Å²) in [5.74, 6) is 0.972. The first-order valence-corrected chi connectivity index (χ1v) is 8.21. The summed E-state index contributed by atoms with van der Waals surface area (Å²) in [5, 5.41) is 0.941. The lowest BCUT2D eigenvalue weighted by atomic mass is 10.3. The van der Waals surface area contributed by atoms with E-state index in [0.29, 0.717) is 16.3 Å². The molecule has 0 atom stereocenters. The summed E-state index contributed by atoms with van der Waals surface area (Å²) in [5.41, 5.74) is 6.52. The van der Waals surface area contributed by atoms with Gasteiger partial charge in [0.1, 0.15) is 15.6 Å². The molecule has 1 heterocycles. The van der Waals surface area contributed by atoms with Gasteiger partial charge in [-0.25, -0.2) is 4.79 Å². The van der Waals surface area contributed by atoms with Gasteiger partial charge < -0.3 is 20.1 Å². The molecule has 1 aromatic heterocycles. The standard InChI is InChI=1S/C15H24N2O3S/c1-5-17(8-10-6-7-10)14-12(20-9(2)3)11(16)13(21-14)15(18)19-4/h9-10H,5-8,16H2,1-4H3. The zero-order valence-corrected chi connectivity index (χ0v) is 14.0. The van der Waals surface area contributed by atoms with Crippen molar-refractivity contribution >= 4 is 28.0 Å². The fraction of sp³-hybridized carbons (Fsp3) is 0.667. The zero-order valence-electron chi connectivity index (χ0n) is 13.1. The molecule has 0 radical (unpaired) electrons. The summed E-state index contributed by atoms with van der Waals surface area (Å²) in [6.45, 7) is 7.87. The summed E-state index contributed by atoms with van der Waals surface area (Å²) in [4.78, 5) is 14.5. The van der Waals surface area contributed by atoms with Gasteiger partial charge in [-0.05, 0) is 39.5 Å². The van der Waals surface area contributed by atoms with Gasteiger partial charge in [-0.1, -0.05) is 0 Å². The lowest BCUT2D eigenvalue weighted by Crippen LogP contribution is -2.25. The van der Waals surface area contributed by atoms with Crippen LogP contribution in [-0.2, 0) is 4.74 Å². The maximum Gasteiger partial charge on any atom is 0.350 e. The number of carbonyl (C=O) groups excluding carboxylic acids is 1. The molecule has 118 valence electrons. The Hall–Kier alpha value is -1.43. The smallest absolute Gasteiger partial charge is 0.350 e. The summed E-state index contributed by atoms with van der Waals surface area (Å²) < 4.78 is 10.7. The molecule has 2 N–H and O–H groups in total. The number of nitrogens with two attached hydrogens (primary N) is 1. The molecule has 1 aliphatic carbocycles. The van der Waals surface area contributed by atoms with E-state index < -0.39 is 5.97 Å². The minimum absolute atomic E-state index is 0.00535. The molecule has 21 heavy (non-hydrogen) atoms. The van der Waals surface area contributed by atoms with E-state index in [0.717, 1.165) is 24.0 Å². The second kappa shape index (κ2) is 6.56. The van der Waals surface area contributed by atoms with Crippen molar-refractivity contribution in [3.05, 3.63) is 4.88 Å². The van der Waals surface area contributed by atoms with Crippen molar-refractivity contribution in [3.8, 4) is 5.75 Å². The zero-order chi connectivity index (χ0) is 15.6. The maximum atomic E-state index is 11.9. The van der Waals surface area contributed by atoms with Crippen LogP contribution in [0.2, 0.25) is 0 Å². The molecule has 1 fully saturated rings. The van der Waals surface area contributed by atoms with Crippen molar-refractivity contribution in [2.24, 2.45) is 5.92 Å². The van der Waals surface area contributed by atoms with E-state index in [1.54, 1.807) is 0 Å². The molecule has 0 aliphatic heterocycles. The number of hydrogen-bond acceptors (Lipinski definition) is 6. The summed E-state index contributed by atoms with van der Waals surface area (Å²) >= 11 is 1.36. The summed E-state index contributed by atoms with van der Waals surface area (Å²) in [6, 6.07) is 0. The first-order valence-electron chi connectivity index (χ1n) is 7.40. The molecule has 0 unspecified atom stereocenters. The molecule has 0 bridgehead atoms. The fourth-order valence-electron chi connectivity index (χ4n) is 2.19. The van der Waals surface area contributed by atoms with Gasteiger partial charge in [0.2, 0.25) is 0 Å². The summed E-state index contributed by atoms with van der Waals surface area (Å²) in [7, 11) is 1.37. The Bertz CT molecular complexity index is 509. The Balaban J connectivity index is 2.37. The van der Waals surface area contributed by atoms with Gasteiger partial charge in [0.25, 0.3) is 0 Å². The van der Waals surface area contributed by atoms with Crippen LogP contribution < -0.4 is 15.4 Å². The maximum absolute atomic E-state index is 11.9. The average Bonchev–Trinajstić information content (AvgIpc) is 3.22. The van der Waals surface area contributed by atoms with Crippen LogP contribution in [0.1, 0.15) is 43.3 Å². The SMILES string of the molecule is CCN(CC1CC1)c1sc(C(=O)OC)c(N)c1OC(C)C. The third-order valence-corrected chi connectivity index (χ3v) is 4.68. The van der Waals surface area contributed by atoms with E-state index in [9.17, 15) is 4.79 Å². The highest BCUT2D eigenvalue weighted by Gasteiger charge is 2.30. The van der Waals surface area contributed by atoms with Crippen LogP contribution in [0.4, 0.5) is 10.7 Å². The molecule has 0 amide bonds. The molecular weight excluding hydrogens is 288 g/mol. The van der Waals surface area contributed by atoms with Crippen LogP contribution in [0.3, 0.4) is 0 Å². The Kier molecular flexibility index (Phi) is 4.98. The number of rotatable bonds is 7. The largest absolute Gasteiger partial charge is 0.486 e. The Morgan fingerprint density at radius 3 is 2.62 bits per heavy atom. The van der Waals surface area contributed by atoms with E-state index in [1.165, 1.54) is 31.3 Å². The highest BCUT2D eigenvalue weighted by atomic mass is 32.1. The predicted molar refractivity (Wildman–Crippen MR) is 86.4 cm³/mol. The van der Waals surface area contributed by atoms with Crippen molar-refractivity contribution in [1.82, 2.24) is 0 Å². The Labute approximate surface area is 130 Å². The van der Waals surface area contributed by atoms with Gasteiger partial charge in [0.05, 0.1) is 13.2 Å². The first kappa shape index (κ1) is 15.9. The number of thiophene rings is 1. The molecule has 1 aromatic rings. The second-order valence-electron chi connectivity index (χ2n) is 5.62. The number of methoxy groups -OCH3 is 1. The minimum Gasteiger partial charge on any atom is -0.486 e. The number of anilines is 2. The summed E-state index contributed by atoms with van der Waals surface area (Å²) in [6.07, 6.45) is 2.56. The molecule has 0 saturated heterocycles. The van der Waals surface area contributed by atoms with E-state index in [2.05, 4.69) is 11.8 Å². The first-order chi connectivity index (χ1) is 9.97. The minimum atomic E-state index is -0.403.